The molecule has 0 heterocycles. The fourth-order valence-electron chi connectivity index (χ4n) is 2.96. The third-order valence-electron chi connectivity index (χ3n) is 4.52. The van der Waals surface area contributed by atoms with E-state index in [0.29, 0.717) is 26.1 Å². The summed E-state index contributed by atoms with van der Waals surface area (Å²) in [6.07, 6.45) is 0.939. The number of rotatable bonds is 10. The van der Waals surface area contributed by atoms with Gasteiger partial charge in [-0.2, -0.15) is 0 Å². The summed E-state index contributed by atoms with van der Waals surface area (Å²) in [4.78, 5) is 25.8. The first-order chi connectivity index (χ1) is 13.5. The van der Waals surface area contributed by atoms with Crippen molar-refractivity contribution < 1.29 is 19.1 Å². The summed E-state index contributed by atoms with van der Waals surface area (Å²) in [5, 5.41) is 2.91. The average molecular weight is 384 g/mol. The lowest BCUT2D eigenvalue weighted by Crippen LogP contribution is -2.34. The molecule has 150 valence electrons. The van der Waals surface area contributed by atoms with Crippen molar-refractivity contribution in [3.05, 3.63) is 59.7 Å². The monoisotopic (exact) mass is 384 g/mol. The molecule has 0 saturated carbocycles. The van der Waals surface area contributed by atoms with Crippen LogP contribution in [-0.2, 0) is 22.6 Å². The molecule has 0 saturated heterocycles. The van der Waals surface area contributed by atoms with E-state index in [4.69, 9.17) is 9.47 Å². The van der Waals surface area contributed by atoms with Gasteiger partial charge in [-0.05, 0) is 24.1 Å². The van der Waals surface area contributed by atoms with E-state index in [9.17, 15) is 9.59 Å². The van der Waals surface area contributed by atoms with E-state index < -0.39 is 0 Å². The van der Waals surface area contributed by atoms with Gasteiger partial charge in [0.1, 0.15) is 11.5 Å². The van der Waals surface area contributed by atoms with Crippen LogP contribution in [0.25, 0.3) is 0 Å². The number of hydrogen-bond acceptors (Lipinski definition) is 4. The maximum absolute atomic E-state index is 12.2. The van der Waals surface area contributed by atoms with Crippen LogP contribution >= 0.6 is 0 Å². The molecule has 0 aliphatic rings. The van der Waals surface area contributed by atoms with Crippen LogP contribution in [0.5, 0.6) is 11.5 Å². The van der Waals surface area contributed by atoms with E-state index in [1.165, 1.54) is 6.92 Å². The van der Waals surface area contributed by atoms with Crippen molar-refractivity contribution in [1.82, 2.24) is 10.2 Å². The predicted octanol–water partition coefficient (Wildman–Crippen LogP) is 2.80. The number of nitrogens with zero attached hydrogens (tertiary/aromatic N) is 1. The third-order valence-corrected chi connectivity index (χ3v) is 4.52. The molecule has 6 heteroatoms. The highest BCUT2D eigenvalue weighted by Crippen LogP contribution is 2.19. The van der Waals surface area contributed by atoms with Gasteiger partial charge in [-0.1, -0.05) is 36.4 Å². The second kappa shape index (κ2) is 11.0. The SMILES string of the molecule is COc1ccccc1CCNC(=O)CCN(Cc1ccccc1OC)C(C)=O. The maximum Gasteiger partial charge on any atom is 0.221 e. The fourth-order valence-corrected chi connectivity index (χ4v) is 2.96. The molecule has 0 aliphatic carbocycles. The zero-order valence-electron chi connectivity index (χ0n) is 16.7. The lowest BCUT2D eigenvalue weighted by molar-refractivity contribution is -0.130. The maximum atomic E-state index is 12.2. The lowest BCUT2D eigenvalue weighted by Gasteiger charge is -2.22. The summed E-state index contributed by atoms with van der Waals surface area (Å²) in [6.45, 7) is 2.79. The van der Waals surface area contributed by atoms with Crippen LogP contribution in [0.4, 0.5) is 0 Å². The van der Waals surface area contributed by atoms with Gasteiger partial charge in [-0.25, -0.2) is 0 Å². The number of para-hydroxylation sites is 2. The van der Waals surface area contributed by atoms with Gasteiger partial charge in [0.05, 0.1) is 14.2 Å². The number of hydrogen-bond donors (Lipinski definition) is 1. The Bertz CT molecular complexity index is 792. The van der Waals surface area contributed by atoms with Crippen LogP contribution in [0.2, 0.25) is 0 Å². The summed E-state index contributed by atoms with van der Waals surface area (Å²) in [5.41, 5.74) is 1.96. The molecule has 0 bridgehead atoms. The first-order valence-electron chi connectivity index (χ1n) is 9.31. The van der Waals surface area contributed by atoms with Crippen molar-refractivity contribution in [1.29, 1.82) is 0 Å². The topological polar surface area (TPSA) is 67.9 Å². The first kappa shape index (κ1) is 21.3. The van der Waals surface area contributed by atoms with Crippen LogP contribution in [-0.4, -0.2) is 44.0 Å². The van der Waals surface area contributed by atoms with Crippen LogP contribution in [0, 0.1) is 0 Å². The van der Waals surface area contributed by atoms with Crippen LogP contribution in [0.1, 0.15) is 24.5 Å². The molecular weight excluding hydrogens is 356 g/mol. The van der Waals surface area contributed by atoms with E-state index in [-0.39, 0.29) is 18.2 Å². The number of amides is 2. The summed E-state index contributed by atoms with van der Waals surface area (Å²) in [6, 6.07) is 15.3. The van der Waals surface area contributed by atoms with Crippen molar-refractivity contribution in [2.75, 3.05) is 27.3 Å². The second-order valence-electron chi connectivity index (χ2n) is 6.41. The Morgan fingerprint density at radius 3 is 2.11 bits per heavy atom. The lowest BCUT2D eigenvalue weighted by atomic mass is 10.1. The molecular formula is C22H28N2O4. The molecule has 2 aromatic rings. The molecule has 6 nitrogen and oxygen atoms in total. The molecule has 0 aliphatic heterocycles. The molecule has 0 atom stereocenters. The van der Waals surface area contributed by atoms with Gasteiger partial charge in [0, 0.05) is 38.5 Å². The van der Waals surface area contributed by atoms with E-state index in [0.717, 1.165) is 22.6 Å². The molecule has 2 amide bonds. The second-order valence-corrected chi connectivity index (χ2v) is 6.41. The van der Waals surface area contributed by atoms with Crippen LogP contribution in [0.15, 0.2) is 48.5 Å². The summed E-state index contributed by atoms with van der Waals surface area (Å²) in [5.74, 6) is 1.39. The Balaban J connectivity index is 1.82. The molecule has 0 aromatic heterocycles. The standard InChI is InChI=1S/C22H28N2O4/c1-17(25)24(16-19-9-5-7-11-21(19)28-3)15-13-22(26)23-14-12-18-8-4-6-10-20(18)27-2/h4-11H,12-16H2,1-3H3,(H,23,26). The molecule has 0 radical (unpaired) electrons. The van der Waals surface area contributed by atoms with Gasteiger partial charge in [-0.15, -0.1) is 0 Å². The number of benzene rings is 2. The highest BCUT2D eigenvalue weighted by molar-refractivity contribution is 5.78. The number of ether oxygens (including phenoxy) is 2. The third kappa shape index (κ3) is 6.30. The van der Waals surface area contributed by atoms with Crippen LogP contribution in [0.3, 0.4) is 0 Å². The Labute approximate surface area is 166 Å². The molecule has 1 N–H and O–H groups in total. The van der Waals surface area contributed by atoms with E-state index >= 15 is 0 Å². The van der Waals surface area contributed by atoms with Crippen molar-refractivity contribution in [2.24, 2.45) is 0 Å². The van der Waals surface area contributed by atoms with Crippen molar-refractivity contribution >= 4 is 11.8 Å². The molecule has 2 rings (SSSR count). The zero-order valence-corrected chi connectivity index (χ0v) is 16.7. The average Bonchev–Trinajstić information content (AvgIpc) is 2.71. The highest BCUT2D eigenvalue weighted by atomic mass is 16.5. The molecule has 0 spiro atoms. The highest BCUT2D eigenvalue weighted by Gasteiger charge is 2.14. The van der Waals surface area contributed by atoms with Gasteiger partial charge in [0.15, 0.2) is 0 Å². The van der Waals surface area contributed by atoms with Crippen molar-refractivity contribution in [2.45, 2.75) is 26.3 Å². The predicted molar refractivity (Wildman–Crippen MR) is 108 cm³/mol. The normalized spacial score (nSPS) is 10.2. The van der Waals surface area contributed by atoms with Gasteiger partial charge >= 0.3 is 0 Å². The Kier molecular flexibility index (Phi) is 8.34. The number of nitrogens with one attached hydrogen (secondary N) is 1. The Hall–Kier alpha value is -3.02. The minimum absolute atomic E-state index is 0.0762. The molecule has 28 heavy (non-hydrogen) atoms. The van der Waals surface area contributed by atoms with E-state index in [1.807, 2.05) is 48.5 Å². The molecule has 0 fully saturated rings. The summed E-state index contributed by atoms with van der Waals surface area (Å²) < 4.78 is 10.7. The minimum atomic E-state index is -0.0822. The molecule has 2 aromatic carbocycles. The van der Waals surface area contributed by atoms with Crippen LogP contribution < -0.4 is 14.8 Å². The van der Waals surface area contributed by atoms with Crippen molar-refractivity contribution in [3.63, 3.8) is 0 Å². The van der Waals surface area contributed by atoms with Gasteiger partial charge in [0.2, 0.25) is 11.8 Å². The quantitative estimate of drug-likeness (QED) is 0.684. The minimum Gasteiger partial charge on any atom is -0.496 e. The van der Waals surface area contributed by atoms with Gasteiger partial charge in [0.25, 0.3) is 0 Å². The summed E-state index contributed by atoms with van der Waals surface area (Å²) in [7, 11) is 3.24. The van der Waals surface area contributed by atoms with Crippen molar-refractivity contribution in [3.8, 4) is 11.5 Å². The molecule has 0 unspecified atom stereocenters. The number of carbonyl (C=O) groups excluding carboxylic acids is 2. The first-order valence-corrected chi connectivity index (χ1v) is 9.31. The van der Waals surface area contributed by atoms with E-state index in [1.54, 1.807) is 19.1 Å². The van der Waals surface area contributed by atoms with Gasteiger partial charge < -0.3 is 19.7 Å². The van der Waals surface area contributed by atoms with Gasteiger partial charge in [-0.3, -0.25) is 9.59 Å². The largest absolute Gasteiger partial charge is 0.496 e. The van der Waals surface area contributed by atoms with E-state index in [2.05, 4.69) is 5.32 Å². The zero-order chi connectivity index (χ0) is 20.4. The Morgan fingerprint density at radius 2 is 1.50 bits per heavy atom. The Morgan fingerprint density at radius 1 is 0.929 bits per heavy atom. The fraction of sp³-hybridized carbons (Fsp3) is 0.364. The smallest absolute Gasteiger partial charge is 0.221 e. The number of carbonyl (C=O) groups is 2. The number of methoxy groups -OCH3 is 2. The summed E-state index contributed by atoms with van der Waals surface area (Å²) >= 11 is 0.